The van der Waals surface area contributed by atoms with Crippen molar-refractivity contribution in [3.8, 4) is 5.75 Å². The molecule has 4 heteroatoms. The molecule has 0 aliphatic rings. The molecule has 0 aliphatic heterocycles. The molecule has 1 unspecified atom stereocenters. The van der Waals surface area contributed by atoms with Gasteiger partial charge in [-0.15, -0.1) is 0 Å². The van der Waals surface area contributed by atoms with Gasteiger partial charge in [0.1, 0.15) is 11.9 Å². The Morgan fingerprint density at radius 3 is 2.29 bits per heavy atom. The van der Waals surface area contributed by atoms with Crippen molar-refractivity contribution in [2.75, 3.05) is 40.5 Å². The molecular formula is C17H29NO3. The highest BCUT2D eigenvalue weighted by Crippen LogP contribution is 2.14. The molecule has 0 aromatic heterocycles. The predicted octanol–water partition coefficient (Wildman–Crippen LogP) is 2.51. The molecule has 0 amide bonds. The van der Waals surface area contributed by atoms with Crippen LogP contribution >= 0.6 is 0 Å². The largest absolute Gasteiger partial charge is 0.487 e. The minimum atomic E-state index is 0.0265. The summed E-state index contributed by atoms with van der Waals surface area (Å²) < 4.78 is 16.3. The molecular weight excluding hydrogens is 266 g/mol. The lowest BCUT2D eigenvalue weighted by Gasteiger charge is -2.20. The molecule has 0 heterocycles. The summed E-state index contributed by atoms with van der Waals surface area (Å²) in [6, 6.07) is 8.19. The molecule has 1 rings (SSSR count). The van der Waals surface area contributed by atoms with Crippen LogP contribution < -0.4 is 10.1 Å². The molecule has 1 N–H and O–H groups in total. The summed E-state index contributed by atoms with van der Waals surface area (Å²) >= 11 is 0. The first-order valence-corrected chi connectivity index (χ1v) is 7.60. The van der Waals surface area contributed by atoms with E-state index >= 15 is 0 Å². The number of nitrogens with one attached hydrogen (secondary N) is 1. The van der Waals surface area contributed by atoms with Crippen LogP contribution in [0.5, 0.6) is 5.75 Å². The highest BCUT2D eigenvalue weighted by molar-refractivity contribution is 5.27. The van der Waals surface area contributed by atoms with E-state index < -0.39 is 0 Å². The first kappa shape index (κ1) is 18.0. The molecule has 4 nitrogen and oxygen atoms in total. The molecule has 0 saturated heterocycles. The van der Waals surface area contributed by atoms with Crippen LogP contribution in [0.15, 0.2) is 24.3 Å². The zero-order valence-electron chi connectivity index (χ0n) is 13.7. The molecule has 0 spiro atoms. The fourth-order valence-corrected chi connectivity index (χ4v) is 2.00. The molecule has 0 radical (unpaired) electrons. The number of ether oxygens (including phenoxy) is 3. The second-order valence-corrected chi connectivity index (χ2v) is 5.63. The second-order valence-electron chi connectivity index (χ2n) is 5.63. The van der Waals surface area contributed by atoms with Gasteiger partial charge >= 0.3 is 0 Å². The van der Waals surface area contributed by atoms with Crippen LogP contribution in [-0.4, -0.2) is 46.6 Å². The Balaban J connectivity index is 2.45. The van der Waals surface area contributed by atoms with E-state index in [9.17, 15) is 0 Å². The average Bonchev–Trinajstić information content (AvgIpc) is 2.46. The van der Waals surface area contributed by atoms with Crippen molar-refractivity contribution in [2.24, 2.45) is 5.92 Å². The lowest BCUT2D eigenvalue weighted by Crippen LogP contribution is -2.36. The van der Waals surface area contributed by atoms with Crippen molar-refractivity contribution in [1.29, 1.82) is 0 Å². The van der Waals surface area contributed by atoms with E-state index in [0.29, 0.717) is 12.5 Å². The minimum Gasteiger partial charge on any atom is -0.487 e. The van der Waals surface area contributed by atoms with Gasteiger partial charge < -0.3 is 19.5 Å². The third kappa shape index (κ3) is 8.05. The van der Waals surface area contributed by atoms with Gasteiger partial charge in [-0.3, -0.25) is 0 Å². The smallest absolute Gasteiger partial charge is 0.134 e. The summed E-state index contributed by atoms with van der Waals surface area (Å²) in [6.07, 6.45) is 0.951. The topological polar surface area (TPSA) is 39.7 Å². The molecule has 0 fully saturated rings. The van der Waals surface area contributed by atoms with E-state index in [4.69, 9.17) is 14.2 Å². The lowest BCUT2D eigenvalue weighted by atomic mass is 10.1. The van der Waals surface area contributed by atoms with Gasteiger partial charge in [-0.1, -0.05) is 26.0 Å². The number of rotatable bonds is 11. The maximum absolute atomic E-state index is 5.98. The summed E-state index contributed by atoms with van der Waals surface area (Å²) in [5.74, 6) is 1.51. The van der Waals surface area contributed by atoms with Crippen LogP contribution in [-0.2, 0) is 15.9 Å². The van der Waals surface area contributed by atoms with Gasteiger partial charge in [0, 0.05) is 20.8 Å². The summed E-state index contributed by atoms with van der Waals surface area (Å²) in [5, 5.41) is 3.41. The van der Waals surface area contributed by atoms with Crippen molar-refractivity contribution < 1.29 is 14.2 Å². The maximum Gasteiger partial charge on any atom is 0.134 e. The van der Waals surface area contributed by atoms with E-state index in [-0.39, 0.29) is 6.10 Å². The summed E-state index contributed by atoms with van der Waals surface area (Å²) in [6.45, 7) is 7.48. The normalized spacial score (nSPS) is 12.6. The van der Waals surface area contributed by atoms with Crippen molar-refractivity contribution in [1.82, 2.24) is 5.32 Å². The third-order valence-corrected chi connectivity index (χ3v) is 3.10. The van der Waals surface area contributed by atoms with Crippen LogP contribution in [0.25, 0.3) is 0 Å². The first-order valence-electron chi connectivity index (χ1n) is 7.60. The van der Waals surface area contributed by atoms with E-state index in [1.54, 1.807) is 14.2 Å². The molecule has 0 saturated carbocycles. The van der Waals surface area contributed by atoms with Crippen molar-refractivity contribution in [3.05, 3.63) is 29.8 Å². The Labute approximate surface area is 128 Å². The minimum absolute atomic E-state index is 0.0265. The van der Waals surface area contributed by atoms with Crippen molar-refractivity contribution >= 4 is 0 Å². The van der Waals surface area contributed by atoms with E-state index in [1.165, 1.54) is 5.56 Å². The number of benzene rings is 1. The van der Waals surface area contributed by atoms with Crippen LogP contribution in [0.4, 0.5) is 0 Å². The van der Waals surface area contributed by atoms with E-state index in [1.807, 2.05) is 12.1 Å². The molecule has 1 aromatic carbocycles. The van der Waals surface area contributed by atoms with Crippen LogP contribution in [0.2, 0.25) is 0 Å². The summed E-state index contributed by atoms with van der Waals surface area (Å²) in [4.78, 5) is 0. The number of hydrogen-bond donors (Lipinski definition) is 1. The van der Waals surface area contributed by atoms with Gasteiger partial charge in [0.05, 0.1) is 13.2 Å². The predicted molar refractivity (Wildman–Crippen MR) is 86.0 cm³/mol. The number of methoxy groups -OCH3 is 2. The van der Waals surface area contributed by atoms with Gasteiger partial charge in [0.15, 0.2) is 0 Å². The second kappa shape index (κ2) is 10.6. The fourth-order valence-electron chi connectivity index (χ4n) is 2.00. The van der Waals surface area contributed by atoms with E-state index in [0.717, 1.165) is 31.9 Å². The van der Waals surface area contributed by atoms with Crippen LogP contribution in [0.1, 0.15) is 19.4 Å². The Morgan fingerprint density at radius 1 is 1.00 bits per heavy atom. The average molecular weight is 295 g/mol. The first-order chi connectivity index (χ1) is 10.2. The van der Waals surface area contributed by atoms with Gasteiger partial charge in [0.2, 0.25) is 0 Å². The van der Waals surface area contributed by atoms with Gasteiger partial charge in [-0.25, -0.2) is 0 Å². The van der Waals surface area contributed by atoms with Crippen LogP contribution in [0.3, 0.4) is 0 Å². The van der Waals surface area contributed by atoms with E-state index in [2.05, 4.69) is 31.3 Å². The maximum atomic E-state index is 5.98. The Hall–Kier alpha value is -1.10. The molecule has 1 atom stereocenters. The summed E-state index contributed by atoms with van der Waals surface area (Å²) in [7, 11) is 3.42. The SMILES string of the molecule is COCCc1ccc(OC(CNCC(C)C)COC)cc1. The number of hydrogen-bond acceptors (Lipinski definition) is 4. The Kier molecular flexibility index (Phi) is 9.06. The highest BCUT2D eigenvalue weighted by Gasteiger charge is 2.10. The molecule has 0 bridgehead atoms. The van der Waals surface area contributed by atoms with Crippen molar-refractivity contribution in [2.45, 2.75) is 26.4 Å². The third-order valence-electron chi connectivity index (χ3n) is 3.10. The fraction of sp³-hybridized carbons (Fsp3) is 0.647. The molecule has 1 aromatic rings. The molecule has 120 valence electrons. The van der Waals surface area contributed by atoms with Gasteiger partial charge in [-0.2, -0.15) is 0 Å². The van der Waals surface area contributed by atoms with Crippen LogP contribution in [0, 0.1) is 5.92 Å². The Bertz CT molecular complexity index is 365. The highest BCUT2D eigenvalue weighted by atomic mass is 16.5. The van der Waals surface area contributed by atoms with Crippen molar-refractivity contribution in [3.63, 3.8) is 0 Å². The standard InChI is InChI=1S/C17H29NO3/c1-14(2)11-18-12-17(13-20-4)21-16-7-5-15(6-8-16)9-10-19-3/h5-8,14,17-18H,9-13H2,1-4H3. The zero-order chi connectivity index (χ0) is 15.5. The van der Waals surface area contributed by atoms with Gasteiger partial charge in [0.25, 0.3) is 0 Å². The molecule has 21 heavy (non-hydrogen) atoms. The summed E-state index contributed by atoms with van der Waals surface area (Å²) in [5.41, 5.74) is 1.26. The quantitative estimate of drug-likeness (QED) is 0.681. The lowest BCUT2D eigenvalue weighted by molar-refractivity contribution is 0.0802. The Morgan fingerprint density at radius 2 is 1.71 bits per heavy atom. The monoisotopic (exact) mass is 295 g/mol. The molecule has 0 aliphatic carbocycles. The zero-order valence-corrected chi connectivity index (χ0v) is 13.7. The van der Waals surface area contributed by atoms with Gasteiger partial charge in [-0.05, 0) is 36.6 Å².